The van der Waals surface area contributed by atoms with Crippen LogP contribution in [0.15, 0.2) is 12.2 Å². The molecule has 0 aromatic rings. The summed E-state index contributed by atoms with van der Waals surface area (Å²) in [6, 6.07) is 0. The Balaban J connectivity index is 2.17. The molecule has 0 saturated carbocycles. The Labute approximate surface area is 109 Å². The third kappa shape index (κ3) is 5.50. The van der Waals surface area contributed by atoms with Gasteiger partial charge in [-0.3, -0.25) is 0 Å². The van der Waals surface area contributed by atoms with E-state index in [-0.39, 0.29) is 25.4 Å². The van der Waals surface area contributed by atoms with Crippen LogP contribution in [-0.4, -0.2) is 55.8 Å². The molecule has 1 aliphatic heterocycles. The van der Waals surface area contributed by atoms with E-state index in [1.165, 1.54) is 0 Å². The third-order valence-corrected chi connectivity index (χ3v) is 3.23. The Morgan fingerprint density at radius 1 is 1.50 bits per heavy atom. The SMILES string of the molecule is C=C(CCCC1CBO[C@H](CO)CO1)C(O)CN. The highest BCUT2D eigenvalue weighted by Crippen LogP contribution is 2.17. The van der Waals surface area contributed by atoms with Crippen LogP contribution in [0, 0.1) is 0 Å². The van der Waals surface area contributed by atoms with Crippen LogP contribution in [0.3, 0.4) is 0 Å². The molecule has 1 heterocycles. The van der Waals surface area contributed by atoms with Gasteiger partial charge in [0.15, 0.2) is 0 Å². The van der Waals surface area contributed by atoms with Crippen LogP contribution in [0.4, 0.5) is 0 Å². The molecule has 0 aromatic heterocycles. The molecule has 1 fully saturated rings. The lowest BCUT2D eigenvalue weighted by molar-refractivity contribution is 0.00248. The monoisotopic (exact) mass is 257 g/mol. The minimum atomic E-state index is -0.595. The standard InChI is InChI=1S/C12H24BNO4/c1-9(12(16)6-14)3-2-4-10-5-13-18-11(7-15)8-17-10/h10-13,15-16H,1-8,14H2/t10?,11-,12?/m1/s1. The number of hydrogen-bond acceptors (Lipinski definition) is 5. The predicted octanol–water partition coefficient (Wildman–Crippen LogP) is -0.421. The molecule has 0 spiro atoms. The fourth-order valence-electron chi connectivity index (χ4n) is 1.96. The first-order valence-electron chi connectivity index (χ1n) is 6.57. The summed E-state index contributed by atoms with van der Waals surface area (Å²) in [6.45, 7) is 4.51. The maximum Gasteiger partial charge on any atom is 0.278 e. The van der Waals surface area contributed by atoms with E-state index in [0.29, 0.717) is 14.1 Å². The van der Waals surface area contributed by atoms with Gasteiger partial charge in [-0.2, -0.15) is 0 Å². The number of aliphatic hydroxyl groups excluding tert-OH is 2. The van der Waals surface area contributed by atoms with E-state index in [2.05, 4.69) is 6.58 Å². The molecule has 3 atom stereocenters. The van der Waals surface area contributed by atoms with Gasteiger partial charge in [-0.1, -0.05) is 6.58 Å². The van der Waals surface area contributed by atoms with E-state index in [1.807, 2.05) is 0 Å². The van der Waals surface area contributed by atoms with Crippen molar-refractivity contribution < 1.29 is 19.6 Å². The second-order valence-corrected chi connectivity index (χ2v) is 4.72. The minimum Gasteiger partial charge on any atom is -0.432 e. The zero-order valence-electron chi connectivity index (χ0n) is 10.9. The van der Waals surface area contributed by atoms with E-state index >= 15 is 0 Å². The first kappa shape index (κ1) is 15.7. The van der Waals surface area contributed by atoms with Crippen LogP contribution in [-0.2, 0) is 9.39 Å². The number of hydrogen-bond donors (Lipinski definition) is 3. The molecule has 0 amide bonds. The maximum absolute atomic E-state index is 9.47. The van der Waals surface area contributed by atoms with Crippen molar-refractivity contribution in [1.82, 2.24) is 0 Å². The van der Waals surface area contributed by atoms with Crippen molar-refractivity contribution in [2.24, 2.45) is 5.73 Å². The summed E-state index contributed by atoms with van der Waals surface area (Å²) < 4.78 is 11.1. The Morgan fingerprint density at radius 2 is 2.28 bits per heavy atom. The number of nitrogens with two attached hydrogens (primary N) is 1. The Morgan fingerprint density at radius 3 is 2.94 bits per heavy atom. The van der Waals surface area contributed by atoms with Crippen molar-refractivity contribution in [2.45, 2.75) is 43.9 Å². The van der Waals surface area contributed by atoms with Crippen LogP contribution >= 0.6 is 0 Å². The number of rotatable bonds is 7. The highest BCUT2D eigenvalue weighted by molar-refractivity contribution is 6.27. The average molecular weight is 257 g/mol. The predicted molar refractivity (Wildman–Crippen MR) is 71.7 cm³/mol. The number of ether oxygens (including phenoxy) is 1. The van der Waals surface area contributed by atoms with Gasteiger partial charge in [-0.15, -0.1) is 0 Å². The van der Waals surface area contributed by atoms with Crippen molar-refractivity contribution in [1.29, 1.82) is 0 Å². The smallest absolute Gasteiger partial charge is 0.278 e. The van der Waals surface area contributed by atoms with Gasteiger partial charge in [-0.05, 0) is 31.2 Å². The molecular weight excluding hydrogens is 233 g/mol. The highest BCUT2D eigenvalue weighted by Gasteiger charge is 2.19. The lowest BCUT2D eigenvalue weighted by atomic mass is 9.88. The van der Waals surface area contributed by atoms with Gasteiger partial charge in [0.2, 0.25) is 0 Å². The fourth-order valence-corrected chi connectivity index (χ4v) is 1.96. The van der Waals surface area contributed by atoms with Crippen LogP contribution in [0.5, 0.6) is 0 Å². The molecule has 1 rings (SSSR count). The summed E-state index contributed by atoms with van der Waals surface area (Å²) in [5.41, 5.74) is 6.15. The first-order valence-corrected chi connectivity index (χ1v) is 6.57. The van der Waals surface area contributed by atoms with Crippen LogP contribution in [0.25, 0.3) is 0 Å². The molecule has 0 aliphatic carbocycles. The van der Waals surface area contributed by atoms with Gasteiger partial charge in [-0.25, -0.2) is 0 Å². The molecule has 6 heteroatoms. The summed E-state index contributed by atoms with van der Waals surface area (Å²) in [4.78, 5) is 0. The van der Waals surface area contributed by atoms with E-state index in [9.17, 15) is 5.11 Å². The molecule has 5 nitrogen and oxygen atoms in total. The van der Waals surface area contributed by atoms with Gasteiger partial charge in [0.25, 0.3) is 7.48 Å². The molecule has 0 radical (unpaired) electrons. The zero-order valence-corrected chi connectivity index (χ0v) is 10.9. The molecular formula is C12H24BNO4. The van der Waals surface area contributed by atoms with Crippen LogP contribution < -0.4 is 5.73 Å². The van der Waals surface area contributed by atoms with Crippen molar-refractivity contribution in [2.75, 3.05) is 19.8 Å². The van der Waals surface area contributed by atoms with Crippen molar-refractivity contribution in [3.8, 4) is 0 Å². The van der Waals surface area contributed by atoms with Gasteiger partial charge < -0.3 is 25.3 Å². The Hall–Kier alpha value is -0.395. The Kier molecular flexibility index (Phi) is 7.54. The maximum atomic E-state index is 9.47. The second-order valence-electron chi connectivity index (χ2n) is 4.72. The summed E-state index contributed by atoms with van der Waals surface area (Å²) in [6.07, 6.45) is 2.84. The lowest BCUT2D eigenvalue weighted by Crippen LogP contribution is -2.23. The quantitative estimate of drug-likeness (QED) is 0.426. The van der Waals surface area contributed by atoms with Crippen molar-refractivity contribution in [3.05, 3.63) is 12.2 Å². The normalized spacial score (nSPS) is 26.2. The largest absolute Gasteiger partial charge is 0.432 e. The molecule has 104 valence electrons. The molecule has 18 heavy (non-hydrogen) atoms. The number of aliphatic hydroxyl groups is 2. The van der Waals surface area contributed by atoms with Crippen molar-refractivity contribution >= 4 is 7.48 Å². The van der Waals surface area contributed by atoms with E-state index in [4.69, 9.17) is 20.2 Å². The van der Waals surface area contributed by atoms with Crippen molar-refractivity contribution in [3.63, 3.8) is 0 Å². The fraction of sp³-hybridized carbons (Fsp3) is 0.833. The highest BCUT2D eigenvalue weighted by atomic mass is 16.5. The molecule has 2 unspecified atom stereocenters. The second kappa shape index (κ2) is 8.66. The van der Waals surface area contributed by atoms with Crippen LogP contribution in [0.1, 0.15) is 19.3 Å². The zero-order chi connectivity index (χ0) is 13.4. The first-order chi connectivity index (χ1) is 8.67. The minimum absolute atomic E-state index is 0.00617. The molecule has 0 aromatic carbocycles. The summed E-state index contributed by atoms with van der Waals surface area (Å²) in [5, 5.41) is 18.5. The third-order valence-electron chi connectivity index (χ3n) is 3.23. The molecule has 0 bridgehead atoms. The average Bonchev–Trinajstić information content (AvgIpc) is 2.62. The Bertz CT molecular complexity index is 252. The summed E-state index contributed by atoms with van der Waals surface area (Å²) in [7, 11) is 0.627. The van der Waals surface area contributed by atoms with Gasteiger partial charge in [0.1, 0.15) is 0 Å². The molecule has 1 saturated heterocycles. The summed E-state index contributed by atoms with van der Waals surface area (Å²) >= 11 is 0. The lowest BCUT2D eigenvalue weighted by Gasteiger charge is -2.16. The van der Waals surface area contributed by atoms with E-state index in [1.54, 1.807) is 0 Å². The van der Waals surface area contributed by atoms with Gasteiger partial charge >= 0.3 is 0 Å². The van der Waals surface area contributed by atoms with Crippen LogP contribution in [0.2, 0.25) is 6.32 Å². The topological polar surface area (TPSA) is 84.9 Å². The molecule has 4 N–H and O–H groups in total. The van der Waals surface area contributed by atoms with Gasteiger partial charge in [0.05, 0.1) is 31.5 Å². The van der Waals surface area contributed by atoms with Gasteiger partial charge in [0, 0.05) is 6.54 Å². The van der Waals surface area contributed by atoms with E-state index < -0.39 is 6.10 Å². The molecule has 1 aliphatic rings. The van der Waals surface area contributed by atoms with E-state index in [0.717, 1.165) is 31.2 Å². The summed E-state index contributed by atoms with van der Waals surface area (Å²) in [5.74, 6) is 0.